The molecule has 0 radical (unpaired) electrons. The summed E-state index contributed by atoms with van der Waals surface area (Å²) in [5.41, 5.74) is 3.42. The summed E-state index contributed by atoms with van der Waals surface area (Å²) in [6.45, 7) is 3.49. The Bertz CT molecular complexity index is 1410. The summed E-state index contributed by atoms with van der Waals surface area (Å²) in [5.74, 6) is 0.798. The average molecular weight is 516 g/mol. The summed E-state index contributed by atoms with van der Waals surface area (Å²) >= 11 is 7.86. The largest absolute Gasteiger partial charge is 0.485 e. The Morgan fingerprint density at radius 1 is 1.21 bits per heavy atom. The first-order chi connectivity index (χ1) is 16.4. The zero-order valence-electron chi connectivity index (χ0n) is 18.8. The predicted molar refractivity (Wildman–Crippen MR) is 138 cm³/mol. The van der Waals surface area contributed by atoms with Gasteiger partial charge in [-0.1, -0.05) is 35.9 Å². The van der Waals surface area contributed by atoms with Crippen molar-refractivity contribution in [3.05, 3.63) is 76.4 Å². The molecule has 0 amide bonds. The van der Waals surface area contributed by atoms with Crippen molar-refractivity contribution in [2.45, 2.75) is 36.9 Å². The van der Waals surface area contributed by atoms with Crippen molar-refractivity contribution in [1.29, 1.82) is 0 Å². The number of thiophene rings is 1. The Balaban J connectivity index is 1.37. The van der Waals surface area contributed by atoms with E-state index in [1.165, 1.54) is 0 Å². The zero-order valence-corrected chi connectivity index (χ0v) is 21.2. The third-order valence-electron chi connectivity index (χ3n) is 6.23. The van der Waals surface area contributed by atoms with Crippen molar-refractivity contribution in [3.8, 4) is 10.8 Å². The molecule has 0 bridgehead atoms. The molecule has 1 aliphatic heterocycles. The molecule has 0 saturated carbocycles. The maximum Gasteiger partial charge on any atom is 0.157 e. The van der Waals surface area contributed by atoms with Crippen LogP contribution in [0, 0.1) is 0 Å². The molecule has 34 heavy (non-hydrogen) atoms. The van der Waals surface area contributed by atoms with Gasteiger partial charge >= 0.3 is 0 Å². The minimum atomic E-state index is -3.20. The van der Waals surface area contributed by atoms with Crippen molar-refractivity contribution >= 4 is 43.8 Å². The Labute approximate surface area is 208 Å². The first-order valence-corrected chi connectivity index (χ1v) is 14.3. The number of fused-ring (bicyclic) bond motifs is 1. The molecule has 6 nitrogen and oxygen atoms in total. The summed E-state index contributed by atoms with van der Waals surface area (Å²) in [7, 11) is -3.20. The van der Waals surface area contributed by atoms with E-state index < -0.39 is 9.84 Å². The van der Waals surface area contributed by atoms with E-state index in [1.54, 1.807) is 17.7 Å². The van der Waals surface area contributed by atoms with E-state index >= 15 is 0 Å². The van der Waals surface area contributed by atoms with Crippen LogP contribution in [-0.2, 0) is 15.6 Å². The van der Waals surface area contributed by atoms with E-state index in [9.17, 15) is 8.42 Å². The van der Waals surface area contributed by atoms with Gasteiger partial charge in [-0.3, -0.25) is 4.57 Å². The Hall–Kier alpha value is -2.39. The average Bonchev–Trinajstić information content (AvgIpc) is 3.46. The highest BCUT2D eigenvalue weighted by Crippen LogP contribution is 2.33. The molecule has 2 aromatic heterocycles. The van der Waals surface area contributed by atoms with Gasteiger partial charge in [0.05, 0.1) is 22.0 Å². The van der Waals surface area contributed by atoms with Gasteiger partial charge in [0.2, 0.25) is 0 Å². The van der Waals surface area contributed by atoms with Crippen LogP contribution in [0.15, 0.2) is 60.2 Å². The van der Waals surface area contributed by atoms with E-state index in [0.717, 1.165) is 46.0 Å². The lowest BCUT2D eigenvalue weighted by atomic mass is 10.1. The lowest BCUT2D eigenvalue weighted by Gasteiger charge is -2.22. The predicted octanol–water partition coefficient (Wildman–Crippen LogP) is 5.55. The van der Waals surface area contributed by atoms with Crippen LogP contribution in [0.25, 0.3) is 16.0 Å². The second-order valence-corrected chi connectivity index (χ2v) is 12.2. The molecule has 1 aliphatic rings. The van der Waals surface area contributed by atoms with E-state index in [0.29, 0.717) is 17.9 Å². The van der Waals surface area contributed by atoms with Crippen molar-refractivity contribution in [2.24, 2.45) is 0 Å². The molecule has 0 aliphatic carbocycles. The Morgan fingerprint density at radius 2 is 2.00 bits per heavy atom. The van der Waals surface area contributed by atoms with Gasteiger partial charge in [-0.05, 0) is 56.6 Å². The number of hydrogen-bond donors (Lipinski definition) is 1. The standard InChI is InChI=1S/C25H26ClN3O3S2/c1-17(21-4-2-3-5-22(21)26)32-19-13-25(33-14-19)29-16-28-23-7-6-18(12-24(23)29)15-34(30,31)20-8-10-27-11-9-20/h2-7,12-14,16-17,20,27H,8-11,15H2,1H3/t17-/m1/s1. The fraction of sp³-hybridized carbons (Fsp3) is 0.320. The molecule has 3 heterocycles. The summed E-state index contributed by atoms with van der Waals surface area (Å²) in [6.07, 6.45) is 2.92. The first kappa shape index (κ1) is 23.4. The molecule has 2 aromatic carbocycles. The van der Waals surface area contributed by atoms with Crippen molar-refractivity contribution in [2.75, 3.05) is 13.1 Å². The number of nitrogens with zero attached hydrogens (tertiary/aromatic N) is 2. The van der Waals surface area contributed by atoms with E-state index in [1.807, 2.05) is 65.4 Å². The van der Waals surface area contributed by atoms with Crippen LogP contribution in [-0.4, -0.2) is 36.3 Å². The number of sulfone groups is 1. The highest BCUT2D eigenvalue weighted by atomic mass is 35.5. The highest BCUT2D eigenvalue weighted by molar-refractivity contribution is 7.91. The number of halogens is 1. The highest BCUT2D eigenvalue weighted by Gasteiger charge is 2.27. The van der Waals surface area contributed by atoms with Gasteiger partial charge in [0.1, 0.15) is 23.2 Å². The fourth-order valence-electron chi connectivity index (χ4n) is 4.39. The molecule has 5 rings (SSSR count). The van der Waals surface area contributed by atoms with Crippen molar-refractivity contribution in [3.63, 3.8) is 0 Å². The molecule has 4 aromatic rings. The minimum absolute atomic E-state index is 0.0485. The van der Waals surface area contributed by atoms with Crippen LogP contribution in [0.2, 0.25) is 5.02 Å². The maximum absolute atomic E-state index is 13.0. The van der Waals surface area contributed by atoms with Gasteiger partial charge in [0.15, 0.2) is 9.84 Å². The molecular weight excluding hydrogens is 490 g/mol. The third-order valence-corrected chi connectivity index (χ3v) is 9.70. The van der Waals surface area contributed by atoms with Crippen molar-refractivity contribution < 1.29 is 13.2 Å². The summed E-state index contributed by atoms with van der Waals surface area (Å²) in [5, 5.41) is 6.54. The molecule has 0 spiro atoms. The second kappa shape index (κ2) is 9.70. The lowest BCUT2D eigenvalue weighted by Crippen LogP contribution is -2.36. The van der Waals surface area contributed by atoms with Crippen LogP contribution in [0.1, 0.15) is 37.0 Å². The van der Waals surface area contributed by atoms with Gasteiger partial charge in [-0.25, -0.2) is 13.4 Å². The molecule has 1 fully saturated rings. The van der Waals surface area contributed by atoms with E-state index in [4.69, 9.17) is 16.3 Å². The van der Waals surface area contributed by atoms with Crippen LogP contribution < -0.4 is 10.1 Å². The molecule has 0 unspecified atom stereocenters. The number of imidazole rings is 1. The normalized spacial score (nSPS) is 16.1. The molecule has 9 heteroatoms. The van der Waals surface area contributed by atoms with Gasteiger partial charge < -0.3 is 10.1 Å². The smallest absolute Gasteiger partial charge is 0.157 e. The van der Waals surface area contributed by atoms with Gasteiger partial charge in [-0.15, -0.1) is 11.3 Å². The third kappa shape index (κ3) is 4.86. The van der Waals surface area contributed by atoms with Gasteiger partial charge in [-0.2, -0.15) is 0 Å². The SMILES string of the molecule is C[C@@H](Oc1csc(-n2cnc3ccc(CS(=O)(=O)C4CCNCC4)cc32)c1)c1ccccc1Cl. The number of rotatable bonds is 7. The van der Waals surface area contributed by atoms with Crippen LogP contribution >= 0.6 is 22.9 Å². The number of benzene rings is 2. The summed E-state index contributed by atoms with van der Waals surface area (Å²) < 4.78 is 34.0. The number of aromatic nitrogens is 2. The van der Waals surface area contributed by atoms with Crippen LogP contribution in [0.5, 0.6) is 5.75 Å². The molecule has 178 valence electrons. The number of hydrogen-bond acceptors (Lipinski definition) is 6. The molecule has 1 atom stereocenters. The first-order valence-electron chi connectivity index (χ1n) is 11.3. The number of nitrogens with one attached hydrogen (secondary N) is 1. The van der Waals surface area contributed by atoms with Crippen LogP contribution in [0.4, 0.5) is 0 Å². The summed E-state index contributed by atoms with van der Waals surface area (Å²) in [4.78, 5) is 4.51. The second-order valence-electron chi connectivity index (χ2n) is 8.60. The molecular formula is C25H26ClN3O3S2. The van der Waals surface area contributed by atoms with Crippen LogP contribution in [0.3, 0.4) is 0 Å². The zero-order chi connectivity index (χ0) is 23.7. The van der Waals surface area contributed by atoms with E-state index in [2.05, 4.69) is 10.3 Å². The van der Waals surface area contributed by atoms with Crippen molar-refractivity contribution in [1.82, 2.24) is 14.9 Å². The monoisotopic (exact) mass is 515 g/mol. The number of ether oxygens (including phenoxy) is 1. The summed E-state index contributed by atoms with van der Waals surface area (Å²) in [6, 6.07) is 15.3. The minimum Gasteiger partial charge on any atom is -0.485 e. The molecule has 1 N–H and O–H groups in total. The quantitative estimate of drug-likeness (QED) is 0.349. The molecule has 1 saturated heterocycles. The fourth-order valence-corrected chi connectivity index (χ4v) is 7.32. The topological polar surface area (TPSA) is 73.2 Å². The Kier molecular flexibility index (Phi) is 6.66. The lowest BCUT2D eigenvalue weighted by molar-refractivity contribution is 0.228. The number of piperidine rings is 1. The van der Waals surface area contributed by atoms with Gasteiger partial charge in [0.25, 0.3) is 0 Å². The maximum atomic E-state index is 13.0. The van der Waals surface area contributed by atoms with E-state index in [-0.39, 0.29) is 17.1 Å². The van der Waals surface area contributed by atoms with Gasteiger partial charge in [0, 0.05) is 22.0 Å². The Morgan fingerprint density at radius 3 is 2.79 bits per heavy atom.